The minimum absolute atomic E-state index is 0.0439. The normalized spacial score (nSPS) is 26.6. The molecule has 4 heterocycles. The number of ether oxygens (including phenoxy) is 2. The van der Waals surface area contributed by atoms with Crippen molar-refractivity contribution in [3.8, 4) is 0 Å². The number of hydrogen-bond donors (Lipinski definition) is 0. The lowest BCUT2D eigenvalue weighted by Gasteiger charge is -2.33. The molecule has 2 saturated heterocycles. The van der Waals surface area contributed by atoms with Crippen LogP contribution in [0.25, 0.3) is 0 Å². The zero-order chi connectivity index (χ0) is 17.3. The zero-order valence-corrected chi connectivity index (χ0v) is 15.0. The number of hydrogen-bond acceptors (Lipinski definition) is 6. The van der Waals surface area contributed by atoms with Crippen LogP contribution in [0.15, 0.2) is 16.8 Å². The molecule has 136 valence electrons. The molecule has 4 rings (SSSR count). The van der Waals surface area contributed by atoms with Gasteiger partial charge in [0.2, 0.25) is 11.8 Å². The largest absolute Gasteiger partial charge is 0.424 e. The molecule has 2 atom stereocenters. The van der Waals surface area contributed by atoms with Crippen LogP contribution in [0.5, 0.6) is 0 Å². The number of rotatable bonds is 4. The van der Waals surface area contributed by atoms with Crippen molar-refractivity contribution in [2.75, 3.05) is 19.8 Å². The summed E-state index contributed by atoms with van der Waals surface area (Å²) in [5, 5.41) is 8.86. The van der Waals surface area contributed by atoms with Gasteiger partial charge in [0.1, 0.15) is 11.9 Å². The fourth-order valence-electron chi connectivity index (χ4n) is 4.02. The Morgan fingerprint density at radius 2 is 2.08 bits per heavy atom. The summed E-state index contributed by atoms with van der Waals surface area (Å²) < 4.78 is 19.8. The van der Waals surface area contributed by atoms with E-state index < -0.39 is 0 Å². The van der Waals surface area contributed by atoms with E-state index in [0.717, 1.165) is 63.6 Å². The van der Waals surface area contributed by atoms with Crippen molar-refractivity contribution in [2.45, 2.75) is 56.5 Å². The van der Waals surface area contributed by atoms with Gasteiger partial charge in [-0.2, -0.15) is 0 Å². The van der Waals surface area contributed by atoms with Gasteiger partial charge in [-0.05, 0) is 32.1 Å². The minimum atomic E-state index is -0.130. The molecule has 0 N–H and O–H groups in total. The van der Waals surface area contributed by atoms with Crippen LogP contribution in [0.4, 0.5) is 0 Å². The van der Waals surface area contributed by atoms with Gasteiger partial charge in [0.25, 0.3) is 0 Å². The van der Waals surface area contributed by atoms with Gasteiger partial charge in [-0.15, -0.1) is 10.2 Å². The van der Waals surface area contributed by atoms with Gasteiger partial charge in [-0.3, -0.25) is 0 Å². The molecular weight excluding hydrogens is 320 g/mol. The second-order valence-corrected chi connectivity index (χ2v) is 7.13. The van der Waals surface area contributed by atoms with Crippen molar-refractivity contribution in [1.29, 1.82) is 0 Å². The second kappa shape index (κ2) is 6.88. The lowest BCUT2D eigenvalue weighted by molar-refractivity contribution is -0.0169. The molecule has 0 spiro atoms. The number of imidazole rings is 1. The Kier molecular flexibility index (Phi) is 4.60. The van der Waals surface area contributed by atoms with Crippen LogP contribution in [-0.4, -0.2) is 39.6 Å². The summed E-state index contributed by atoms with van der Waals surface area (Å²) >= 11 is 0. The van der Waals surface area contributed by atoms with E-state index in [1.54, 1.807) is 6.20 Å². The van der Waals surface area contributed by atoms with Gasteiger partial charge in [-0.1, -0.05) is 6.92 Å². The Labute approximate surface area is 147 Å². The average Bonchev–Trinajstić information content (AvgIpc) is 3.32. The van der Waals surface area contributed by atoms with Gasteiger partial charge in [0, 0.05) is 39.3 Å². The Bertz CT molecular complexity index is 705. The number of nitrogens with zero attached hydrogens (tertiary/aromatic N) is 4. The summed E-state index contributed by atoms with van der Waals surface area (Å²) in [6, 6.07) is 0. The average molecular weight is 346 g/mol. The third kappa shape index (κ3) is 3.00. The standard InChI is InChI=1S/C18H26N4O3/c1-3-18(6-11-23-12-7-18)17-21-20-16(25-17)13-5-4-10-24-14(13)15-19-8-9-22(15)2/h8-9,13-14H,3-7,10-12H2,1-2H3/t13-,14-/m1/s1. The third-order valence-corrected chi connectivity index (χ3v) is 5.77. The van der Waals surface area contributed by atoms with Crippen molar-refractivity contribution in [2.24, 2.45) is 7.05 Å². The van der Waals surface area contributed by atoms with Gasteiger partial charge >= 0.3 is 0 Å². The third-order valence-electron chi connectivity index (χ3n) is 5.77. The lowest BCUT2D eigenvalue weighted by atomic mass is 9.78. The summed E-state index contributed by atoms with van der Waals surface area (Å²) in [5.74, 6) is 2.42. The highest BCUT2D eigenvalue weighted by molar-refractivity contribution is 5.10. The SMILES string of the molecule is CCC1(c2nnc([C@@H]3CCCO[C@H]3c3nccn3C)o2)CCOCC1. The first-order valence-corrected chi connectivity index (χ1v) is 9.24. The topological polar surface area (TPSA) is 75.2 Å². The van der Waals surface area contributed by atoms with Crippen LogP contribution in [0.2, 0.25) is 0 Å². The van der Waals surface area contributed by atoms with Gasteiger partial charge in [-0.25, -0.2) is 4.98 Å². The van der Waals surface area contributed by atoms with Crippen molar-refractivity contribution in [3.05, 3.63) is 30.0 Å². The summed E-state index contributed by atoms with van der Waals surface area (Å²) in [5.41, 5.74) is -0.0439. The summed E-state index contributed by atoms with van der Waals surface area (Å²) in [6.07, 6.45) is 8.45. The van der Waals surface area contributed by atoms with E-state index in [4.69, 9.17) is 13.9 Å². The maximum Gasteiger partial charge on any atom is 0.222 e. The second-order valence-electron chi connectivity index (χ2n) is 7.13. The Hall–Kier alpha value is -1.73. The molecule has 2 aromatic rings. The first-order valence-electron chi connectivity index (χ1n) is 9.24. The molecule has 2 fully saturated rings. The molecule has 0 saturated carbocycles. The van der Waals surface area contributed by atoms with Crippen LogP contribution in [0.1, 0.15) is 68.7 Å². The van der Waals surface area contributed by atoms with Crippen LogP contribution >= 0.6 is 0 Å². The predicted octanol–water partition coefficient (Wildman–Crippen LogP) is 2.90. The quantitative estimate of drug-likeness (QED) is 0.847. The smallest absolute Gasteiger partial charge is 0.222 e. The molecule has 0 amide bonds. The molecule has 0 aromatic carbocycles. The van der Waals surface area contributed by atoms with E-state index in [-0.39, 0.29) is 17.4 Å². The van der Waals surface area contributed by atoms with E-state index in [9.17, 15) is 0 Å². The Balaban J connectivity index is 1.62. The van der Waals surface area contributed by atoms with Crippen LogP contribution in [0.3, 0.4) is 0 Å². The maximum absolute atomic E-state index is 6.23. The number of aryl methyl sites for hydroxylation is 1. The molecule has 0 aliphatic carbocycles. The first kappa shape index (κ1) is 16.7. The molecule has 2 aliphatic rings. The van der Waals surface area contributed by atoms with Crippen molar-refractivity contribution in [1.82, 2.24) is 19.7 Å². The highest BCUT2D eigenvalue weighted by Gasteiger charge is 2.40. The monoisotopic (exact) mass is 346 g/mol. The van der Waals surface area contributed by atoms with E-state index in [1.807, 2.05) is 17.8 Å². The molecule has 2 aromatic heterocycles. The lowest BCUT2D eigenvalue weighted by Crippen LogP contribution is -2.33. The molecule has 0 unspecified atom stereocenters. The van der Waals surface area contributed by atoms with E-state index in [2.05, 4.69) is 22.1 Å². The molecular formula is C18H26N4O3. The predicted molar refractivity (Wildman–Crippen MR) is 90.2 cm³/mol. The molecule has 7 nitrogen and oxygen atoms in total. The highest BCUT2D eigenvalue weighted by atomic mass is 16.5. The van der Waals surface area contributed by atoms with Crippen LogP contribution < -0.4 is 0 Å². The van der Waals surface area contributed by atoms with Crippen molar-refractivity contribution in [3.63, 3.8) is 0 Å². The van der Waals surface area contributed by atoms with Gasteiger partial charge < -0.3 is 18.5 Å². The van der Waals surface area contributed by atoms with Gasteiger partial charge in [0.05, 0.1) is 11.3 Å². The van der Waals surface area contributed by atoms with Crippen molar-refractivity contribution >= 4 is 0 Å². The van der Waals surface area contributed by atoms with Crippen LogP contribution in [0, 0.1) is 0 Å². The van der Waals surface area contributed by atoms with Crippen LogP contribution in [-0.2, 0) is 21.9 Å². The number of aromatic nitrogens is 4. The summed E-state index contributed by atoms with van der Waals surface area (Å²) in [4.78, 5) is 4.47. The molecule has 0 radical (unpaired) electrons. The fourth-order valence-corrected chi connectivity index (χ4v) is 4.02. The minimum Gasteiger partial charge on any atom is -0.424 e. The zero-order valence-electron chi connectivity index (χ0n) is 15.0. The van der Waals surface area contributed by atoms with E-state index in [1.165, 1.54) is 0 Å². The molecule has 25 heavy (non-hydrogen) atoms. The Morgan fingerprint density at radius 3 is 2.80 bits per heavy atom. The van der Waals surface area contributed by atoms with Gasteiger partial charge in [0.15, 0.2) is 0 Å². The Morgan fingerprint density at radius 1 is 1.24 bits per heavy atom. The summed E-state index contributed by atoms with van der Waals surface area (Å²) in [6.45, 7) is 4.45. The maximum atomic E-state index is 6.23. The highest BCUT2D eigenvalue weighted by Crippen LogP contribution is 2.42. The summed E-state index contributed by atoms with van der Waals surface area (Å²) in [7, 11) is 1.99. The molecule has 0 bridgehead atoms. The first-order chi connectivity index (χ1) is 12.2. The molecule has 7 heteroatoms. The fraction of sp³-hybridized carbons (Fsp3) is 0.722. The van der Waals surface area contributed by atoms with E-state index in [0.29, 0.717) is 5.89 Å². The van der Waals surface area contributed by atoms with Crippen molar-refractivity contribution < 1.29 is 13.9 Å². The molecule has 2 aliphatic heterocycles. The van der Waals surface area contributed by atoms with E-state index >= 15 is 0 Å².